The summed E-state index contributed by atoms with van der Waals surface area (Å²) in [4.78, 5) is 18.5. The first-order valence-electron chi connectivity index (χ1n) is 11.6. The van der Waals surface area contributed by atoms with Gasteiger partial charge in [0, 0.05) is 30.4 Å². The lowest BCUT2D eigenvalue weighted by Crippen LogP contribution is -2.23. The van der Waals surface area contributed by atoms with E-state index in [4.69, 9.17) is 20.4 Å². The Morgan fingerprint density at radius 1 is 1.03 bits per heavy atom. The molecule has 0 amide bonds. The maximum Gasteiger partial charge on any atom is 0.223 e. The summed E-state index contributed by atoms with van der Waals surface area (Å²) in [6.45, 7) is 0. The van der Waals surface area contributed by atoms with E-state index in [0.717, 1.165) is 46.6 Å². The number of aliphatic imine (C=N–C) groups is 1. The van der Waals surface area contributed by atoms with Gasteiger partial charge in [-0.25, -0.2) is 24.3 Å². The van der Waals surface area contributed by atoms with Crippen LogP contribution < -0.4 is 15.8 Å². The van der Waals surface area contributed by atoms with Crippen LogP contribution in [0.3, 0.4) is 0 Å². The van der Waals surface area contributed by atoms with Crippen LogP contribution in [0.5, 0.6) is 5.75 Å². The third-order valence-corrected chi connectivity index (χ3v) is 6.34. The standard InChI is InChI=1S/C26H27FN6O/c1-34-23-13-17(15-30-25(23)28)20-14-22(16-7-9-18(27)10-8-16)32-24(20)21-11-12-29-26(33-21)31-19-5-3-2-4-6-19/h7-13,15,19H,2-6,14H2,1H3,(H2,28,30)(H,29,31,33). The average molecular weight is 459 g/mol. The van der Waals surface area contributed by atoms with Crippen molar-refractivity contribution in [2.75, 3.05) is 18.2 Å². The first kappa shape index (κ1) is 22.0. The Kier molecular flexibility index (Phi) is 6.20. The molecule has 1 fully saturated rings. The maximum atomic E-state index is 13.5. The summed E-state index contributed by atoms with van der Waals surface area (Å²) in [7, 11) is 1.56. The van der Waals surface area contributed by atoms with Crippen molar-refractivity contribution < 1.29 is 9.13 Å². The molecule has 0 bridgehead atoms. The van der Waals surface area contributed by atoms with Crippen LogP contribution in [0.25, 0.3) is 11.3 Å². The van der Waals surface area contributed by atoms with Gasteiger partial charge < -0.3 is 15.8 Å². The SMILES string of the molecule is COc1cc(C2=C(c3ccnc(NC4CCCCC4)n3)N=C(c3ccc(F)cc3)C2)cnc1N. The molecular formula is C26H27FN6O. The molecule has 1 saturated carbocycles. The van der Waals surface area contributed by atoms with Gasteiger partial charge in [-0.05, 0) is 48.2 Å². The van der Waals surface area contributed by atoms with Gasteiger partial charge in [-0.15, -0.1) is 0 Å². The zero-order chi connectivity index (χ0) is 23.5. The summed E-state index contributed by atoms with van der Waals surface area (Å²) in [6, 6.07) is 10.5. The van der Waals surface area contributed by atoms with Gasteiger partial charge in [-0.3, -0.25) is 0 Å². The molecule has 0 radical (unpaired) electrons. The molecular weight excluding hydrogens is 431 g/mol. The number of anilines is 2. The van der Waals surface area contributed by atoms with Crippen LogP contribution in [0.1, 0.15) is 55.3 Å². The van der Waals surface area contributed by atoms with Crippen molar-refractivity contribution in [2.24, 2.45) is 4.99 Å². The third kappa shape index (κ3) is 4.62. The summed E-state index contributed by atoms with van der Waals surface area (Å²) < 4.78 is 18.9. The molecule has 7 nitrogen and oxygen atoms in total. The summed E-state index contributed by atoms with van der Waals surface area (Å²) in [6.07, 6.45) is 10.0. The topological polar surface area (TPSA) is 98.3 Å². The molecule has 3 aromatic rings. The van der Waals surface area contributed by atoms with Gasteiger partial charge in [0.1, 0.15) is 5.82 Å². The number of nitrogens with two attached hydrogens (primary N) is 1. The van der Waals surface area contributed by atoms with E-state index >= 15 is 0 Å². The number of aromatic nitrogens is 3. The fourth-order valence-corrected chi connectivity index (χ4v) is 4.53. The third-order valence-electron chi connectivity index (χ3n) is 6.34. The maximum absolute atomic E-state index is 13.5. The quantitative estimate of drug-likeness (QED) is 0.533. The van der Waals surface area contributed by atoms with E-state index in [2.05, 4.69) is 15.3 Å². The van der Waals surface area contributed by atoms with Crippen molar-refractivity contribution in [2.45, 2.75) is 44.6 Å². The van der Waals surface area contributed by atoms with E-state index in [1.54, 1.807) is 31.6 Å². The highest BCUT2D eigenvalue weighted by atomic mass is 19.1. The lowest BCUT2D eigenvalue weighted by molar-refractivity contribution is 0.415. The molecule has 0 unspecified atom stereocenters. The molecule has 174 valence electrons. The minimum atomic E-state index is -0.280. The number of ether oxygens (including phenoxy) is 1. The highest BCUT2D eigenvalue weighted by Gasteiger charge is 2.24. The molecule has 2 aliphatic rings. The second-order valence-corrected chi connectivity index (χ2v) is 8.63. The van der Waals surface area contributed by atoms with E-state index in [1.807, 2.05) is 12.1 Å². The summed E-state index contributed by atoms with van der Waals surface area (Å²) >= 11 is 0. The summed E-state index contributed by atoms with van der Waals surface area (Å²) in [5.74, 6) is 1.15. The number of nitrogens with zero attached hydrogens (tertiary/aromatic N) is 4. The van der Waals surface area contributed by atoms with Crippen LogP contribution >= 0.6 is 0 Å². The van der Waals surface area contributed by atoms with E-state index in [0.29, 0.717) is 30.0 Å². The van der Waals surface area contributed by atoms with Gasteiger partial charge in [0.05, 0.1) is 24.2 Å². The van der Waals surface area contributed by atoms with E-state index in [1.165, 1.54) is 31.4 Å². The van der Waals surface area contributed by atoms with Crippen molar-refractivity contribution >= 4 is 28.7 Å². The Bertz CT molecular complexity index is 1250. The van der Waals surface area contributed by atoms with Crippen LogP contribution in [-0.2, 0) is 0 Å². The van der Waals surface area contributed by atoms with Crippen LogP contribution in [0.2, 0.25) is 0 Å². The molecule has 1 aliphatic heterocycles. The Morgan fingerprint density at radius 2 is 1.82 bits per heavy atom. The van der Waals surface area contributed by atoms with E-state index in [9.17, 15) is 4.39 Å². The fraction of sp³-hybridized carbons (Fsp3) is 0.308. The van der Waals surface area contributed by atoms with Gasteiger partial charge in [0.15, 0.2) is 11.6 Å². The number of benzene rings is 1. The molecule has 3 heterocycles. The molecule has 1 aliphatic carbocycles. The number of halogens is 1. The van der Waals surface area contributed by atoms with Crippen molar-refractivity contribution in [1.29, 1.82) is 0 Å². The highest BCUT2D eigenvalue weighted by Crippen LogP contribution is 2.38. The van der Waals surface area contributed by atoms with E-state index in [-0.39, 0.29) is 5.82 Å². The largest absolute Gasteiger partial charge is 0.493 e. The second-order valence-electron chi connectivity index (χ2n) is 8.63. The smallest absolute Gasteiger partial charge is 0.223 e. The number of nitrogen functional groups attached to an aromatic ring is 1. The molecule has 3 N–H and O–H groups in total. The Hall–Kier alpha value is -3.81. The predicted molar refractivity (Wildman–Crippen MR) is 132 cm³/mol. The number of allylic oxidation sites excluding steroid dienone is 1. The molecule has 1 aromatic carbocycles. The molecule has 34 heavy (non-hydrogen) atoms. The molecule has 8 heteroatoms. The van der Waals surface area contributed by atoms with Crippen LogP contribution in [0.15, 0.2) is 53.8 Å². The van der Waals surface area contributed by atoms with Crippen LogP contribution in [0, 0.1) is 5.82 Å². The Balaban J connectivity index is 1.54. The lowest BCUT2D eigenvalue weighted by Gasteiger charge is -2.22. The fourth-order valence-electron chi connectivity index (χ4n) is 4.53. The lowest BCUT2D eigenvalue weighted by atomic mass is 9.96. The predicted octanol–water partition coefficient (Wildman–Crippen LogP) is 5.11. The zero-order valence-corrected chi connectivity index (χ0v) is 19.1. The van der Waals surface area contributed by atoms with Gasteiger partial charge in [-0.1, -0.05) is 31.4 Å². The normalized spacial score (nSPS) is 16.5. The molecule has 5 rings (SSSR count). The zero-order valence-electron chi connectivity index (χ0n) is 19.1. The van der Waals surface area contributed by atoms with Gasteiger partial charge >= 0.3 is 0 Å². The van der Waals surface area contributed by atoms with Crippen molar-refractivity contribution in [3.8, 4) is 5.75 Å². The monoisotopic (exact) mass is 458 g/mol. The number of pyridine rings is 1. The second kappa shape index (κ2) is 9.59. The van der Waals surface area contributed by atoms with Gasteiger partial charge in [-0.2, -0.15) is 0 Å². The summed E-state index contributed by atoms with van der Waals surface area (Å²) in [5, 5.41) is 3.49. The van der Waals surface area contributed by atoms with Crippen LogP contribution in [-0.4, -0.2) is 33.8 Å². The number of hydrogen-bond donors (Lipinski definition) is 2. The van der Waals surface area contributed by atoms with Crippen molar-refractivity contribution in [1.82, 2.24) is 15.0 Å². The summed E-state index contributed by atoms with van der Waals surface area (Å²) in [5.41, 5.74) is 10.9. The first-order valence-corrected chi connectivity index (χ1v) is 11.6. The molecule has 2 aromatic heterocycles. The Labute approximate surface area is 198 Å². The van der Waals surface area contributed by atoms with E-state index < -0.39 is 0 Å². The van der Waals surface area contributed by atoms with Crippen molar-refractivity contribution in [3.05, 3.63) is 71.4 Å². The highest BCUT2D eigenvalue weighted by molar-refractivity contribution is 6.16. The van der Waals surface area contributed by atoms with Crippen molar-refractivity contribution in [3.63, 3.8) is 0 Å². The van der Waals surface area contributed by atoms with Crippen LogP contribution in [0.4, 0.5) is 16.2 Å². The average Bonchev–Trinajstić information content (AvgIpc) is 3.31. The van der Waals surface area contributed by atoms with Gasteiger partial charge in [0.2, 0.25) is 5.95 Å². The van der Waals surface area contributed by atoms with Gasteiger partial charge in [0.25, 0.3) is 0 Å². The Morgan fingerprint density at radius 3 is 2.59 bits per heavy atom. The minimum absolute atomic E-state index is 0.280. The number of methoxy groups -OCH3 is 1. The number of hydrogen-bond acceptors (Lipinski definition) is 7. The number of rotatable bonds is 6. The first-order chi connectivity index (χ1) is 16.6. The molecule has 0 atom stereocenters. The molecule has 0 saturated heterocycles. The minimum Gasteiger partial charge on any atom is -0.493 e. The number of nitrogens with one attached hydrogen (secondary N) is 1. The molecule has 0 spiro atoms.